The molecule has 1 saturated heterocycles. The van der Waals surface area contributed by atoms with Crippen LogP contribution in [0.3, 0.4) is 0 Å². The van der Waals surface area contributed by atoms with Gasteiger partial charge < -0.3 is 4.52 Å². The van der Waals surface area contributed by atoms with Gasteiger partial charge in [-0.3, -0.25) is 4.79 Å². The van der Waals surface area contributed by atoms with Crippen LogP contribution >= 0.6 is 21.8 Å². The van der Waals surface area contributed by atoms with E-state index in [1.54, 1.807) is 0 Å². The molecular weight excluding hydrogens is 363 g/mol. The second-order valence-electron chi connectivity index (χ2n) is 4.96. The summed E-state index contributed by atoms with van der Waals surface area (Å²) >= 11 is 0.951. The molecule has 0 radical (unpaired) electrons. The van der Waals surface area contributed by atoms with Crippen LogP contribution in [0.25, 0.3) is 10.7 Å². The predicted molar refractivity (Wildman–Crippen MR) is 84.1 cm³/mol. The normalized spacial score (nSPS) is 15.4. The minimum atomic E-state index is -4.72. The summed E-state index contributed by atoms with van der Waals surface area (Å²) < 4.78 is 41.7. The third-order valence-corrected chi connectivity index (χ3v) is 6.84. The minimum Gasteiger partial charge on any atom is -0.329 e. The van der Waals surface area contributed by atoms with E-state index in [9.17, 15) is 23.2 Å². The van der Waals surface area contributed by atoms with Crippen molar-refractivity contribution < 1.29 is 22.5 Å². The fourth-order valence-electron chi connectivity index (χ4n) is 2.24. The van der Waals surface area contributed by atoms with Crippen LogP contribution in [-0.2, 0) is 6.18 Å². The maximum atomic E-state index is 12.5. The molecule has 3 heterocycles. The highest BCUT2D eigenvalue weighted by molar-refractivity contribution is 8.17. The first-order valence-electron chi connectivity index (χ1n) is 6.90. The average molecular weight is 373 g/mol. The van der Waals surface area contributed by atoms with Gasteiger partial charge in [-0.15, -0.1) is 11.3 Å². The number of ketones is 1. The lowest BCUT2D eigenvalue weighted by atomic mass is 10.2. The van der Waals surface area contributed by atoms with E-state index in [-0.39, 0.29) is 31.8 Å². The van der Waals surface area contributed by atoms with E-state index in [2.05, 4.69) is 14.7 Å². The zero-order valence-corrected chi connectivity index (χ0v) is 13.7. The van der Waals surface area contributed by atoms with Gasteiger partial charge in [0.25, 0.3) is 0 Å². The van der Waals surface area contributed by atoms with E-state index in [4.69, 9.17) is 0 Å². The number of aromatic nitrogens is 2. The average Bonchev–Trinajstić information content (AvgIpc) is 3.27. The first-order valence-corrected chi connectivity index (χ1v) is 9.28. The summed E-state index contributed by atoms with van der Waals surface area (Å²) in [4.78, 5) is 16.6. The third-order valence-electron chi connectivity index (χ3n) is 3.35. The minimum absolute atomic E-state index is 0.229. The summed E-state index contributed by atoms with van der Waals surface area (Å²) in [5.41, 5.74) is 0. The maximum absolute atomic E-state index is 12.5. The maximum Gasteiger partial charge on any atom is 0.471 e. The van der Waals surface area contributed by atoms with Gasteiger partial charge in [-0.1, -0.05) is 5.16 Å². The molecule has 0 atom stereocenters. The number of halogens is 3. The van der Waals surface area contributed by atoms with E-state index >= 15 is 0 Å². The number of carbonyl (C=O) groups is 1. The number of nitriles is 1. The van der Waals surface area contributed by atoms with E-state index < -0.39 is 12.1 Å². The Kier molecular flexibility index (Phi) is 4.56. The van der Waals surface area contributed by atoms with Gasteiger partial charge in [0.1, 0.15) is 10.9 Å². The quantitative estimate of drug-likeness (QED) is 0.605. The van der Waals surface area contributed by atoms with Crippen molar-refractivity contribution in [3.05, 3.63) is 22.9 Å². The summed E-state index contributed by atoms with van der Waals surface area (Å²) in [7, 11) is -0.324. The molecule has 1 fully saturated rings. The summed E-state index contributed by atoms with van der Waals surface area (Å²) in [6.45, 7) is 0. The predicted octanol–water partition coefficient (Wildman–Crippen LogP) is 3.76. The van der Waals surface area contributed by atoms with Crippen molar-refractivity contribution in [3.8, 4) is 16.8 Å². The van der Waals surface area contributed by atoms with Gasteiger partial charge in [-0.05, 0) is 36.5 Å². The van der Waals surface area contributed by atoms with Crippen LogP contribution in [0.1, 0.15) is 28.4 Å². The van der Waals surface area contributed by atoms with Crippen LogP contribution in [0.4, 0.5) is 13.2 Å². The fraction of sp³-hybridized carbons (Fsp3) is 0.357. The molecule has 0 aliphatic carbocycles. The van der Waals surface area contributed by atoms with Crippen LogP contribution in [0.2, 0.25) is 0 Å². The molecule has 126 valence electrons. The Morgan fingerprint density at radius 3 is 2.62 bits per heavy atom. The van der Waals surface area contributed by atoms with Gasteiger partial charge >= 0.3 is 12.1 Å². The Labute approximate surface area is 141 Å². The zero-order valence-electron chi connectivity index (χ0n) is 12.1. The summed E-state index contributed by atoms with van der Waals surface area (Å²) in [5, 5.41) is 12.6. The zero-order chi connectivity index (χ0) is 17.3. The van der Waals surface area contributed by atoms with Gasteiger partial charge in [0.15, 0.2) is 0 Å². The highest BCUT2D eigenvalue weighted by atomic mass is 32.2. The lowest BCUT2D eigenvalue weighted by Gasteiger charge is -2.01. The molecule has 24 heavy (non-hydrogen) atoms. The molecule has 0 saturated carbocycles. The number of Topliss-reactive ketones (excluding diaryl/α,β-unsaturated/α-hetero) is 1. The standard InChI is InChI=1S/C14H10F3N3O2S2/c15-14(16,17)13-19-12(20-22-13)9-4-3-8(23-9)11(21)10(7-18)24-5-1-2-6-24/h3-4H,1-2,5-6H2. The number of carbonyl (C=O) groups excluding carboxylic acids is 1. The SMILES string of the molecule is N#CC(C(=O)c1ccc(-c2noc(C(F)(F)F)n2)s1)=S1CCCC1. The topological polar surface area (TPSA) is 79.8 Å². The lowest BCUT2D eigenvalue weighted by molar-refractivity contribution is -0.159. The Balaban J connectivity index is 1.88. The van der Waals surface area contributed by atoms with Crippen molar-refractivity contribution in [1.82, 2.24) is 10.1 Å². The van der Waals surface area contributed by atoms with Crippen LogP contribution in [0.5, 0.6) is 0 Å². The van der Waals surface area contributed by atoms with Gasteiger partial charge in [0.2, 0.25) is 11.6 Å². The first-order chi connectivity index (χ1) is 11.4. The van der Waals surface area contributed by atoms with Crippen LogP contribution in [0.15, 0.2) is 16.7 Å². The van der Waals surface area contributed by atoms with Gasteiger partial charge in [-0.25, -0.2) is 0 Å². The lowest BCUT2D eigenvalue weighted by Crippen LogP contribution is -2.11. The van der Waals surface area contributed by atoms with Crippen molar-refractivity contribution in [2.45, 2.75) is 19.0 Å². The Morgan fingerprint density at radius 1 is 1.33 bits per heavy atom. The molecule has 0 N–H and O–H groups in total. The molecule has 2 aromatic heterocycles. The summed E-state index contributed by atoms with van der Waals surface area (Å²) in [6.07, 6.45) is -2.72. The van der Waals surface area contributed by atoms with Crippen molar-refractivity contribution in [2.24, 2.45) is 0 Å². The van der Waals surface area contributed by atoms with Crippen molar-refractivity contribution in [2.75, 3.05) is 11.5 Å². The molecule has 0 unspecified atom stereocenters. The largest absolute Gasteiger partial charge is 0.471 e. The van der Waals surface area contributed by atoms with E-state index in [1.165, 1.54) is 12.1 Å². The van der Waals surface area contributed by atoms with Crippen LogP contribution < -0.4 is 0 Å². The molecular formula is C14H10F3N3O2S2. The number of hydrogen-bond acceptors (Lipinski definition) is 6. The molecule has 1 aliphatic rings. The molecule has 0 amide bonds. The smallest absolute Gasteiger partial charge is 0.329 e. The molecule has 2 aromatic rings. The molecule has 0 bridgehead atoms. The molecule has 0 aromatic carbocycles. The number of alkyl halides is 3. The number of thiophene rings is 1. The van der Waals surface area contributed by atoms with Crippen molar-refractivity contribution in [3.63, 3.8) is 0 Å². The third kappa shape index (κ3) is 3.27. The van der Waals surface area contributed by atoms with Crippen LogP contribution in [-0.4, -0.2) is 32.3 Å². The molecule has 10 heteroatoms. The Bertz CT molecular complexity index is 853. The highest BCUT2D eigenvalue weighted by Crippen LogP contribution is 2.33. The first kappa shape index (κ1) is 16.9. The molecule has 5 nitrogen and oxygen atoms in total. The van der Waals surface area contributed by atoms with E-state index in [0.29, 0.717) is 4.88 Å². The van der Waals surface area contributed by atoms with Gasteiger partial charge in [0, 0.05) is 0 Å². The summed E-state index contributed by atoms with van der Waals surface area (Å²) in [6, 6.07) is 4.93. The number of rotatable bonds is 3. The molecule has 3 rings (SSSR count). The van der Waals surface area contributed by atoms with E-state index in [0.717, 1.165) is 35.7 Å². The highest BCUT2D eigenvalue weighted by Gasteiger charge is 2.38. The monoisotopic (exact) mass is 373 g/mol. The fourth-order valence-corrected chi connectivity index (χ4v) is 5.40. The molecule has 0 spiro atoms. The molecule has 1 aliphatic heterocycles. The number of nitrogens with zero attached hydrogens (tertiary/aromatic N) is 3. The van der Waals surface area contributed by atoms with Gasteiger partial charge in [0.05, 0.1) is 9.75 Å². The second kappa shape index (κ2) is 6.49. The van der Waals surface area contributed by atoms with E-state index in [1.807, 2.05) is 6.07 Å². The second-order valence-corrected chi connectivity index (χ2v) is 8.26. The van der Waals surface area contributed by atoms with Crippen LogP contribution in [0, 0.1) is 11.3 Å². The number of hydrogen-bond donors (Lipinski definition) is 0. The van der Waals surface area contributed by atoms with Gasteiger partial charge in [-0.2, -0.15) is 33.9 Å². The van der Waals surface area contributed by atoms with Crippen molar-refractivity contribution in [1.29, 1.82) is 5.26 Å². The summed E-state index contributed by atoms with van der Waals surface area (Å²) in [5.74, 6) is -0.346. The van der Waals surface area contributed by atoms with Crippen molar-refractivity contribution >= 4 is 32.5 Å². The Morgan fingerprint density at radius 2 is 2.04 bits per heavy atom. The Hall–Kier alpha value is -1.99.